The quantitative estimate of drug-likeness (QED) is 0.325. The fraction of sp³-hybridized carbons (Fsp3) is 0.138. The van der Waals surface area contributed by atoms with Gasteiger partial charge in [-0.25, -0.2) is 0 Å². The van der Waals surface area contributed by atoms with Gasteiger partial charge in [-0.2, -0.15) is 0 Å². The maximum atomic E-state index is 14.4. The summed E-state index contributed by atoms with van der Waals surface area (Å²) in [6, 6.07) is 36.6. The Morgan fingerprint density at radius 1 is 0.788 bits per heavy atom. The van der Waals surface area contributed by atoms with Gasteiger partial charge in [-0.15, -0.1) is 11.8 Å². The third kappa shape index (κ3) is 3.91. The van der Waals surface area contributed by atoms with Gasteiger partial charge in [0, 0.05) is 17.0 Å². The SMILES string of the molecule is COc1ccc2c(c1)[C@@](SCc1ccccc1)(c1ccccc1)C(=O)N2Cc1ccccc1. The third-order valence-electron chi connectivity index (χ3n) is 6.08. The average Bonchev–Trinajstić information content (AvgIpc) is 3.12. The molecule has 1 aliphatic heterocycles. The number of hydrogen-bond donors (Lipinski definition) is 0. The van der Waals surface area contributed by atoms with E-state index in [2.05, 4.69) is 36.4 Å². The van der Waals surface area contributed by atoms with E-state index in [1.54, 1.807) is 18.9 Å². The molecule has 0 fully saturated rings. The first-order valence-corrected chi connectivity index (χ1v) is 12.0. The van der Waals surface area contributed by atoms with E-state index >= 15 is 0 Å². The van der Waals surface area contributed by atoms with Crippen molar-refractivity contribution in [2.45, 2.75) is 17.0 Å². The zero-order chi connectivity index (χ0) is 22.7. The van der Waals surface area contributed by atoms with Gasteiger partial charge in [-0.3, -0.25) is 4.79 Å². The smallest absolute Gasteiger partial charge is 0.252 e. The zero-order valence-corrected chi connectivity index (χ0v) is 19.3. The van der Waals surface area contributed by atoms with Crippen molar-refractivity contribution in [1.82, 2.24) is 0 Å². The Morgan fingerprint density at radius 2 is 1.39 bits per heavy atom. The summed E-state index contributed by atoms with van der Waals surface area (Å²) in [5.41, 5.74) is 5.20. The lowest BCUT2D eigenvalue weighted by Gasteiger charge is -2.29. The number of carbonyl (C=O) groups excluding carboxylic acids is 1. The minimum atomic E-state index is -0.851. The van der Waals surface area contributed by atoms with Crippen LogP contribution in [-0.4, -0.2) is 13.0 Å². The van der Waals surface area contributed by atoms with Gasteiger partial charge in [-0.1, -0.05) is 91.0 Å². The number of rotatable bonds is 7. The van der Waals surface area contributed by atoms with Crippen molar-refractivity contribution >= 4 is 23.4 Å². The van der Waals surface area contributed by atoms with Crippen LogP contribution in [0.15, 0.2) is 109 Å². The van der Waals surface area contributed by atoms with Crippen molar-refractivity contribution in [3.05, 3.63) is 131 Å². The van der Waals surface area contributed by atoms with Crippen LogP contribution in [0.25, 0.3) is 0 Å². The number of hydrogen-bond acceptors (Lipinski definition) is 3. The summed E-state index contributed by atoms with van der Waals surface area (Å²) in [5.74, 6) is 1.56. The molecular weight excluding hydrogens is 426 g/mol. The summed E-state index contributed by atoms with van der Waals surface area (Å²) in [6.45, 7) is 0.527. The lowest BCUT2D eigenvalue weighted by molar-refractivity contribution is -0.119. The number of nitrogens with zero attached hydrogens (tertiary/aromatic N) is 1. The molecule has 0 aromatic heterocycles. The second kappa shape index (κ2) is 9.16. The predicted octanol–water partition coefficient (Wildman–Crippen LogP) is 6.42. The van der Waals surface area contributed by atoms with Crippen molar-refractivity contribution < 1.29 is 9.53 Å². The van der Waals surface area contributed by atoms with Crippen molar-refractivity contribution in [1.29, 1.82) is 0 Å². The molecule has 0 unspecified atom stereocenters. The van der Waals surface area contributed by atoms with E-state index in [-0.39, 0.29) is 5.91 Å². The van der Waals surface area contributed by atoms with Gasteiger partial charge in [0.1, 0.15) is 10.5 Å². The lowest BCUT2D eigenvalue weighted by Crippen LogP contribution is -2.38. The second-order valence-corrected chi connectivity index (χ2v) is 9.27. The minimum absolute atomic E-state index is 0.0849. The molecule has 0 aliphatic carbocycles. The van der Waals surface area contributed by atoms with Crippen LogP contribution in [0, 0.1) is 0 Å². The first-order valence-electron chi connectivity index (χ1n) is 11.0. The topological polar surface area (TPSA) is 29.5 Å². The standard InChI is InChI=1S/C29H25NO2S/c1-32-25-17-18-27-26(19-25)29(24-15-9-4-10-16-24,33-21-23-13-7-3-8-14-23)28(31)30(27)20-22-11-5-2-6-12-22/h2-19H,20-21H2,1H3/t29-/m0/s1. The molecule has 4 aromatic carbocycles. The van der Waals surface area contributed by atoms with Gasteiger partial charge in [0.05, 0.1) is 13.7 Å². The molecule has 0 radical (unpaired) electrons. The summed E-state index contributed by atoms with van der Waals surface area (Å²) >= 11 is 1.68. The van der Waals surface area contributed by atoms with Crippen LogP contribution >= 0.6 is 11.8 Å². The fourth-order valence-corrected chi connectivity index (χ4v) is 5.87. The molecule has 33 heavy (non-hydrogen) atoms. The molecule has 4 aromatic rings. The molecule has 0 bridgehead atoms. The summed E-state index contributed by atoms with van der Waals surface area (Å²) in [6.07, 6.45) is 0. The van der Waals surface area contributed by atoms with Crippen molar-refractivity contribution in [2.24, 2.45) is 0 Å². The van der Waals surface area contributed by atoms with Crippen LogP contribution in [0.5, 0.6) is 5.75 Å². The first kappa shape index (κ1) is 21.4. The Kier molecular flexibility index (Phi) is 5.93. The Balaban J connectivity index is 1.66. The summed E-state index contributed by atoms with van der Waals surface area (Å²) in [7, 11) is 1.67. The van der Waals surface area contributed by atoms with Gasteiger partial charge >= 0.3 is 0 Å². The molecule has 0 saturated carbocycles. The predicted molar refractivity (Wildman–Crippen MR) is 136 cm³/mol. The highest BCUT2D eigenvalue weighted by atomic mass is 32.2. The Morgan fingerprint density at radius 3 is 2.03 bits per heavy atom. The number of ether oxygens (including phenoxy) is 1. The number of amides is 1. The molecule has 5 rings (SSSR count). The molecule has 3 nitrogen and oxygen atoms in total. The highest BCUT2D eigenvalue weighted by Crippen LogP contribution is 2.55. The van der Waals surface area contributed by atoms with E-state index in [4.69, 9.17) is 4.74 Å². The molecule has 1 atom stereocenters. The molecular formula is C29H25NO2S. The molecule has 0 N–H and O–H groups in total. The van der Waals surface area contributed by atoms with Crippen LogP contribution in [0.3, 0.4) is 0 Å². The van der Waals surface area contributed by atoms with Crippen LogP contribution in [0.4, 0.5) is 5.69 Å². The summed E-state index contributed by atoms with van der Waals surface area (Å²) in [5, 5.41) is 0. The number of carbonyl (C=O) groups is 1. The number of anilines is 1. The van der Waals surface area contributed by atoms with Gasteiger partial charge in [0.25, 0.3) is 5.91 Å². The molecule has 0 saturated heterocycles. The van der Waals surface area contributed by atoms with E-state index in [0.29, 0.717) is 6.54 Å². The highest BCUT2D eigenvalue weighted by Gasteiger charge is 2.52. The first-order chi connectivity index (χ1) is 16.2. The van der Waals surface area contributed by atoms with E-state index in [1.807, 2.05) is 77.7 Å². The molecule has 0 spiro atoms. The van der Waals surface area contributed by atoms with Gasteiger partial charge < -0.3 is 9.64 Å². The lowest BCUT2D eigenvalue weighted by atomic mass is 9.91. The maximum Gasteiger partial charge on any atom is 0.252 e. The maximum absolute atomic E-state index is 14.4. The van der Waals surface area contributed by atoms with Gasteiger partial charge in [-0.05, 0) is 34.9 Å². The number of fused-ring (bicyclic) bond motifs is 1. The monoisotopic (exact) mass is 451 g/mol. The van der Waals surface area contributed by atoms with Crippen LogP contribution in [0.2, 0.25) is 0 Å². The van der Waals surface area contributed by atoms with Gasteiger partial charge in [0.15, 0.2) is 0 Å². The van der Waals surface area contributed by atoms with E-state index < -0.39 is 4.75 Å². The number of methoxy groups -OCH3 is 1. The van der Waals surface area contributed by atoms with Crippen LogP contribution in [0.1, 0.15) is 22.3 Å². The van der Waals surface area contributed by atoms with Crippen molar-refractivity contribution in [3.8, 4) is 5.75 Å². The Bertz CT molecular complexity index is 1240. The van der Waals surface area contributed by atoms with Crippen molar-refractivity contribution in [3.63, 3.8) is 0 Å². The van der Waals surface area contributed by atoms with E-state index in [1.165, 1.54) is 5.56 Å². The molecule has 4 heteroatoms. The third-order valence-corrected chi connectivity index (χ3v) is 7.62. The fourth-order valence-electron chi connectivity index (χ4n) is 4.44. The average molecular weight is 452 g/mol. The minimum Gasteiger partial charge on any atom is -0.497 e. The molecule has 1 aliphatic rings. The van der Waals surface area contributed by atoms with E-state index in [9.17, 15) is 4.79 Å². The number of benzene rings is 4. The largest absolute Gasteiger partial charge is 0.497 e. The van der Waals surface area contributed by atoms with E-state index in [0.717, 1.165) is 33.9 Å². The Labute approximate surface area is 199 Å². The van der Waals surface area contributed by atoms with Crippen LogP contribution in [-0.2, 0) is 21.8 Å². The second-order valence-electron chi connectivity index (χ2n) is 8.08. The molecule has 164 valence electrons. The highest BCUT2D eigenvalue weighted by molar-refractivity contribution is 8.00. The molecule has 1 heterocycles. The Hall–Kier alpha value is -3.50. The summed E-state index contributed by atoms with van der Waals surface area (Å²) in [4.78, 5) is 16.3. The summed E-state index contributed by atoms with van der Waals surface area (Å²) < 4.78 is 4.73. The zero-order valence-electron chi connectivity index (χ0n) is 18.5. The van der Waals surface area contributed by atoms with Gasteiger partial charge in [0.2, 0.25) is 0 Å². The number of thioether (sulfide) groups is 1. The normalized spacial score (nSPS) is 17.1. The van der Waals surface area contributed by atoms with Crippen LogP contribution < -0.4 is 9.64 Å². The van der Waals surface area contributed by atoms with Crippen molar-refractivity contribution in [2.75, 3.05) is 12.0 Å². The molecule has 1 amide bonds.